The SMILES string of the molecule is CCOc1ccccc1CC1(Cl)C=C(Oc2ccccc2)C=CC1C. The average molecular weight is 355 g/mol. The number of halogens is 1. The maximum absolute atomic E-state index is 7.03. The molecule has 3 rings (SSSR count). The lowest BCUT2D eigenvalue weighted by Gasteiger charge is -2.32. The van der Waals surface area contributed by atoms with Gasteiger partial charge in [0.05, 0.1) is 11.5 Å². The van der Waals surface area contributed by atoms with E-state index >= 15 is 0 Å². The van der Waals surface area contributed by atoms with Crippen molar-refractivity contribution in [3.63, 3.8) is 0 Å². The Morgan fingerprint density at radius 3 is 2.52 bits per heavy atom. The van der Waals surface area contributed by atoms with Crippen LogP contribution in [0.25, 0.3) is 0 Å². The summed E-state index contributed by atoms with van der Waals surface area (Å²) in [5.41, 5.74) is 1.11. The Balaban J connectivity index is 1.84. The summed E-state index contributed by atoms with van der Waals surface area (Å²) in [5.74, 6) is 2.66. The van der Waals surface area contributed by atoms with E-state index in [0.29, 0.717) is 13.0 Å². The highest BCUT2D eigenvalue weighted by Crippen LogP contribution is 2.38. The van der Waals surface area contributed by atoms with Gasteiger partial charge in [-0.25, -0.2) is 0 Å². The quantitative estimate of drug-likeness (QED) is 0.613. The molecule has 0 radical (unpaired) electrons. The lowest BCUT2D eigenvalue weighted by atomic mass is 9.83. The van der Waals surface area contributed by atoms with Gasteiger partial charge in [-0.05, 0) is 55.2 Å². The first-order chi connectivity index (χ1) is 12.1. The standard InChI is InChI=1S/C22H23ClO2/c1-3-24-21-12-8-7-9-18(21)15-22(23)16-20(14-13-17(22)2)25-19-10-5-4-6-11-19/h4-14,16-17H,3,15H2,1-2H3. The van der Waals surface area contributed by atoms with Gasteiger partial charge in [0, 0.05) is 0 Å². The van der Waals surface area contributed by atoms with Crippen LogP contribution < -0.4 is 9.47 Å². The second kappa shape index (κ2) is 7.79. The highest BCUT2D eigenvalue weighted by Gasteiger charge is 2.34. The van der Waals surface area contributed by atoms with Gasteiger partial charge in [0.15, 0.2) is 0 Å². The molecule has 0 bridgehead atoms. The van der Waals surface area contributed by atoms with Gasteiger partial charge in [-0.1, -0.05) is 49.4 Å². The van der Waals surface area contributed by atoms with E-state index in [2.05, 4.69) is 19.1 Å². The van der Waals surface area contributed by atoms with E-state index in [1.807, 2.05) is 67.6 Å². The predicted octanol–water partition coefficient (Wildman–Crippen LogP) is 5.77. The molecule has 0 saturated carbocycles. The smallest absolute Gasteiger partial charge is 0.127 e. The van der Waals surface area contributed by atoms with E-state index in [9.17, 15) is 0 Å². The molecule has 0 saturated heterocycles. The van der Waals surface area contributed by atoms with Crippen molar-refractivity contribution in [2.75, 3.05) is 6.61 Å². The van der Waals surface area contributed by atoms with Gasteiger partial charge in [0.25, 0.3) is 0 Å². The van der Waals surface area contributed by atoms with E-state index in [0.717, 1.165) is 22.8 Å². The summed E-state index contributed by atoms with van der Waals surface area (Å²) in [6, 6.07) is 17.8. The van der Waals surface area contributed by atoms with Crippen molar-refractivity contribution < 1.29 is 9.47 Å². The normalized spacial score (nSPS) is 22.4. The minimum Gasteiger partial charge on any atom is -0.494 e. The molecule has 0 N–H and O–H groups in total. The first-order valence-electron chi connectivity index (χ1n) is 8.64. The van der Waals surface area contributed by atoms with Crippen LogP contribution in [0.1, 0.15) is 19.4 Å². The summed E-state index contributed by atoms with van der Waals surface area (Å²) in [6.45, 7) is 4.76. The van der Waals surface area contributed by atoms with Gasteiger partial charge in [0.1, 0.15) is 17.3 Å². The van der Waals surface area contributed by atoms with E-state index in [1.165, 1.54) is 0 Å². The molecular formula is C22H23ClO2. The third-order valence-electron chi connectivity index (χ3n) is 4.40. The number of rotatable bonds is 6. The molecule has 1 aliphatic carbocycles. The first-order valence-corrected chi connectivity index (χ1v) is 9.02. The van der Waals surface area contributed by atoms with E-state index in [1.54, 1.807) is 0 Å². The second-order valence-corrected chi connectivity index (χ2v) is 6.96. The van der Waals surface area contributed by atoms with Crippen molar-refractivity contribution in [3.05, 3.63) is 84.1 Å². The van der Waals surface area contributed by atoms with Gasteiger partial charge >= 0.3 is 0 Å². The van der Waals surface area contributed by atoms with Gasteiger partial charge in [-0.3, -0.25) is 0 Å². The Hall–Kier alpha value is -2.19. The first kappa shape index (κ1) is 17.6. The minimum absolute atomic E-state index is 0.187. The summed E-state index contributed by atoms with van der Waals surface area (Å²) in [5, 5.41) is 0. The molecule has 2 unspecified atom stereocenters. The zero-order valence-corrected chi connectivity index (χ0v) is 15.4. The van der Waals surface area contributed by atoms with Crippen LogP contribution in [0.15, 0.2) is 78.6 Å². The van der Waals surface area contributed by atoms with Crippen molar-refractivity contribution in [1.29, 1.82) is 0 Å². The summed E-state index contributed by atoms with van der Waals surface area (Å²) >= 11 is 7.03. The molecule has 2 aromatic rings. The van der Waals surface area contributed by atoms with Crippen LogP contribution in [0.2, 0.25) is 0 Å². The molecule has 0 heterocycles. The topological polar surface area (TPSA) is 18.5 Å². The number of ether oxygens (including phenoxy) is 2. The van der Waals surface area contributed by atoms with E-state index < -0.39 is 4.87 Å². The summed E-state index contributed by atoms with van der Waals surface area (Å²) < 4.78 is 11.7. The van der Waals surface area contributed by atoms with E-state index in [-0.39, 0.29) is 5.92 Å². The van der Waals surface area contributed by atoms with Crippen LogP contribution >= 0.6 is 11.6 Å². The predicted molar refractivity (Wildman–Crippen MR) is 103 cm³/mol. The summed E-state index contributed by atoms with van der Waals surface area (Å²) in [4.78, 5) is -0.550. The minimum atomic E-state index is -0.550. The van der Waals surface area contributed by atoms with Crippen LogP contribution in [0.3, 0.4) is 0 Å². The van der Waals surface area contributed by atoms with Gasteiger partial charge in [-0.15, -0.1) is 11.6 Å². The molecule has 25 heavy (non-hydrogen) atoms. The highest BCUT2D eigenvalue weighted by atomic mass is 35.5. The maximum atomic E-state index is 7.03. The molecule has 2 nitrogen and oxygen atoms in total. The highest BCUT2D eigenvalue weighted by molar-refractivity contribution is 6.26. The Morgan fingerprint density at radius 2 is 1.76 bits per heavy atom. The van der Waals surface area contributed by atoms with Gasteiger partial charge < -0.3 is 9.47 Å². The molecule has 0 fully saturated rings. The fourth-order valence-corrected chi connectivity index (χ4v) is 3.28. The zero-order chi connectivity index (χ0) is 17.7. The Bertz CT molecular complexity index is 767. The number of alkyl halides is 1. The second-order valence-electron chi connectivity index (χ2n) is 6.25. The molecule has 0 amide bonds. The lowest BCUT2D eigenvalue weighted by Crippen LogP contribution is -2.32. The average Bonchev–Trinajstić information content (AvgIpc) is 2.61. The third-order valence-corrected chi connectivity index (χ3v) is 4.99. The summed E-state index contributed by atoms with van der Waals surface area (Å²) in [6.07, 6.45) is 6.80. The van der Waals surface area contributed by atoms with Crippen molar-refractivity contribution in [2.45, 2.75) is 25.1 Å². The molecule has 0 aromatic heterocycles. The Kier molecular flexibility index (Phi) is 5.50. The van der Waals surface area contributed by atoms with Crippen LogP contribution in [0.5, 0.6) is 11.5 Å². The fourth-order valence-electron chi connectivity index (χ4n) is 2.95. The third kappa shape index (κ3) is 4.26. The number of hydrogen-bond acceptors (Lipinski definition) is 2. The number of para-hydroxylation sites is 2. The molecule has 0 aliphatic heterocycles. The number of benzene rings is 2. The Labute approximate surface area is 154 Å². The maximum Gasteiger partial charge on any atom is 0.127 e. The summed E-state index contributed by atoms with van der Waals surface area (Å²) in [7, 11) is 0. The molecule has 0 spiro atoms. The number of allylic oxidation sites excluding steroid dienone is 3. The molecule has 130 valence electrons. The van der Waals surface area contributed by atoms with Gasteiger partial charge in [0.2, 0.25) is 0 Å². The van der Waals surface area contributed by atoms with Crippen molar-refractivity contribution in [1.82, 2.24) is 0 Å². The van der Waals surface area contributed by atoms with Crippen molar-refractivity contribution in [3.8, 4) is 11.5 Å². The molecule has 2 atom stereocenters. The largest absolute Gasteiger partial charge is 0.494 e. The van der Waals surface area contributed by atoms with Crippen LogP contribution in [-0.4, -0.2) is 11.5 Å². The zero-order valence-electron chi connectivity index (χ0n) is 14.6. The Morgan fingerprint density at radius 1 is 1.04 bits per heavy atom. The molecule has 2 aromatic carbocycles. The molecule has 3 heteroatoms. The number of hydrogen-bond donors (Lipinski definition) is 0. The van der Waals surface area contributed by atoms with Crippen LogP contribution in [-0.2, 0) is 6.42 Å². The van der Waals surface area contributed by atoms with E-state index in [4.69, 9.17) is 21.1 Å². The lowest BCUT2D eigenvalue weighted by molar-refractivity contribution is 0.334. The van der Waals surface area contributed by atoms with Gasteiger partial charge in [-0.2, -0.15) is 0 Å². The molecular weight excluding hydrogens is 332 g/mol. The van der Waals surface area contributed by atoms with Crippen molar-refractivity contribution >= 4 is 11.6 Å². The van der Waals surface area contributed by atoms with Crippen LogP contribution in [0.4, 0.5) is 0 Å². The van der Waals surface area contributed by atoms with Crippen molar-refractivity contribution in [2.24, 2.45) is 5.92 Å². The monoisotopic (exact) mass is 354 g/mol. The molecule has 1 aliphatic rings. The van der Waals surface area contributed by atoms with Crippen LogP contribution in [0, 0.1) is 5.92 Å². The fraction of sp³-hybridized carbons (Fsp3) is 0.273.